The van der Waals surface area contributed by atoms with E-state index in [0.29, 0.717) is 58.5 Å². The van der Waals surface area contributed by atoms with Gasteiger partial charge in [0.1, 0.15) is 5.60 Å². The summed E-state index contributed by atoms with van der Waals surface area (Å²) < 4.78 is 22.0. The molecule has 4 aromatic heterocycles. The van der Waals surface area contributed by atoms with Gasteiger partial charge in [0.25, 0.3) is 0 Å². The largest absolute Gasteiger partial charge is 0.478 e. The van der Waals surface area contributed by atoms with E-state index in [0.717, 1.165) is 55.2 Å². The van der Waals surface area contributed by atoms with Gasteiger partial charge in [-0.1, -0.05) is 118 Å². The van der Waals surface area contributed by atoms with Gasteiger partial charge in [-0.2, -0.15) is 4.98 Å². The van der Waals surface area contributed by atoms with Crippen molar-refractivity contribution in [3.63, 3.8) is 0 Å². The Balaban J connectivity index is 0.000000280. The molecule has 4 heterocycles. The number of benzene rings is 1. The number of aromatic nitrogens is 6. The lowest BCUT2D eigenvalue weighted by atomic mass is 9.93. The lowest BCUT2D eigenvalue weighted by molar-refractivity contribution is 0.116. The molecule has 1 aliphatic carbocycles. The van der Waals surface area contributed by atoms with Crippen LogP contribution in [0, 0.1) is 29.1 Å². The van der Waals surface area contributed by atoms with Crippen LogP contribution in [0.5, 0.6) is 23.8 Å². The molecule has 0 bridgehead atoms. The quantitative estimate of drug-likeness (QED) is 0.113. The van der Waals surface area contributed by atoms with Crippen molar-refractivity contribution in [2.45, 2.75) is 154 Å². The van der Waals surface area contributed by atoms with E-state index in [-0.39, 0.29) is 5.60 Å². The zero-order valence-corrected chi connectivity index (χ0v) is 43.2. The van der Waals surface area contributed by atoms with Gasteiger partial charge in [0, 0.05) is 54.1 Å². The highest BCUT2D eigenvalue weighted by Crippen LogP contribution is 2.39. The molecule has 1 saturated carbocycles. The molecule has 6 rings (SSSR count). The monoisotopic (exact) mass is 913 g/mol. The van der Waals surface area contributed by atoms with Gasteiger partial charge in [-0.25, -0.2) is 24.9 Å². The molecule has 1 fully saturated rings. The minimum Gasteiger partial charge on any atom is -0.478 e. The molecule has 5 aromatic rings. The van der Waals surface area contributed by atoms with Crippen LogP contribution < -0.4 is 18.9 Å². The fourth-order valence-corrected chi connectivity index (χ4v) is 5.29. The SMILES string of the molecule is CC(C)(C)CCOc1ccccn1.CC(C)(C)CCOc1ccccn1.CC(C)(C)Oc1nccc(C2CC2)n1.CC(C)Cc1ccccc1Cl.Cc1cnc(OCCC(C)(C)C)nc1. The number of ether oxygens (including phenoxy) is 4. The van der Waals surface area contributed by atoms with Crippen LogP contribution in [0.3, 0.4) is 0 Å². The summed E-state index contributed by atoms with van der Waals surface area (Å²) in [5.41, 5.74) is 4.16. The van der Waals surface area contributed by atoms with Crippen molar-refractivity contribution in [1.29, 1.82) is 0 Å². The Kier molecular flexibility index (Phi) is 24.5. The Labute approximate surface area is 398 Å². The number of nitrogens with zero attached hydrogens (tertiary/aromatic N) is 6. The molecule has 0 spiro atoms. The maximum atomic E-state index is 5.97. The van der Waals surface area contributed by atoms with Crippen LogP contribution >= 0.6 is 11.6 Å². The van der Waals surface area contributed by atoms with Gasteiger partial charge >= 0.3 is 12.0 Å². The third kappa shape index (κ3) is 30.9. The number of pyridine rings is 2. The molecule has 358 valence electrons. The molecular formula is C54H81ClN6O4. The Bertz CT molecular complexity index is 1930. The smallest absolute Gasteiger partial charge is 0.317 e. The first-order valence-electron chi connectivity index (χ1n) is 23.1. The molecule has 0 unspecified atom stereocenters. The predicted octanol–water partition coefficient (Wildman–Crippen LogP) is 14.5. The molecule has 65 heavy (non-hydrogen) atoms. The Morgan fingerprint density at radius 1 is 0.569 bits per heavy atom. The third-order valence-electron chi connectivity index (χ3n) is 8.95. The molecule has 1 aromatic carbocycles. The average Bonchev–Trinajstić information content (AvgIpc) is 4.06. The van der Waals surface area contributed by atoms with Gasteiger partial charge in [-0.15, -0.1) is 0 Å². The van der Waals surface area contributed by atoms with Crippen molar-refractivity contribution in [1.82, 2.24) is 29.9 Å². The van der Waals surface area contributed by atoms with Crippen molar-refractivity contribution in [2.24, 2.45) is 22.2 Å². The number of rotatable bonds is 13. The van der Waals surface area contributed by atoms with Crippen LogP contribution in [-0.4, -0.2) is 55.3 Å². The van der Waals surface area contributed by atoms with Gasteiger partial charge in [0.05, 0.1) is 25.5 Å². The number of halogens is 1. The van der Waals surface area contributed by atoms with Gasteiger partial charge in [0.2, 0.25) is 11.8 Å². The molecule has 10 nitrogen and oxygen atoms in total. The van der Waals surface area contributed by atoms with Gasteiger partial charge in [-0.05, 0) is 124 Å². The highest BCUT2D eigenvalue weighted by molar-refractivity contribution is 6.31. The average molecular weight is 914 g/mol. The second-order valence-corrected chi connectivity index (χ2v) is 21.7. The van der Waals surface area contributed by atoms with E-state index in [1.165, 1.54) is 18.4 Å². The van der Waals surface area contributed by atoms with E-state index in [9.17, 15) is 0 Å². The number of hydrogen-bond acceptors (Lipinski definition) is 10. The molecule has 0 aliphatic heterocycles. The highest BCUT2D eigenvalue weighted by Gasteiger charge is 2.26. The highest BCUT2D eigenvalue weighted by atomic mass is 35.5. The fraction of sp³-hybridized carbons (Fsp3) is 0.556. The summed E-state index contributed by atoms with van der Waals surface area (Å²) in [7, 11) is 0. The van der Waals surface area contributed by atoms with Crippen molar-refractivity contribution in [3.05, 3.63) is 120 Å². The van der Waals surface area contributed by atoms with Crippen molar-refractivity contribution in [2.75, 3.05) is 19.8 Å². The predicted molar refractivity (Wildman–Crippen MR) is 268 cm³/mol. The van der Waals surface area contributed by atoms with E-state index in [4.69, 9.17) is 30.5 Å². The zero-order valence-electron chi connectivity index (χ0n) is 42.5. The second kappa shape index (κ2) is 28.3. The van der Waals surface area contributed by atoms with Crippen LogP contribution in [-0.2, 0) is 6.42 Å². The summed E-state index contributed by atoms with van der Waals surface area (Å²) in [6.45, 7) is 34.3. The van der Waals surface area contributed by atoms with Crippen LogP contribution in [0.25, 0.3) is 0 Å². The molecule has 0 radical (unpaired) electrons. The van der Waals surface area contributed by atoms with Crippen LogP contribution in [0.4, 0.5) is 0 Å². The number of hydrogen-bond donors (Lipinski definition) is 0. The first-order valence-corrected chi connectivity index (χ1v) is 23.5. The third-order valence-corrected chi connectivity index (χ3v) is 9.32. The first kappa shape index (κ1) is 56.3. The van der Waals surface area contributed by atoms with Gasteiger partial charge in [-0.3, -0.25) is 0 Å². The van der Waals surface area contributed by atoms with Crippen molar-refractivity contribution in [3.8, 4) is 23.8 Å². The van der Waals surface area contributed by atoms with E-state index in [1.54, 1.807) is 31.0 Å². The minimum atomic E-state index is -0.220. The first-order chi connectivity index (χ1) is 30.4. The van der Waals surface area contributed by atoms with E-state index in [1.807, 2.05) is 88.4 Å². The summed E-state index contributed by atoms with van der Waals surface area (Å²) in [6, 6.07) is 22.4. The number of aryl methyl sites for hydroxylation is 1. The Morgan fingerprint density at radius 2 is 1.05 bits per heavy atom. The standard InChI is InChI=1S/C11H16N2O.C11H18N2O.2C11H17NO.C10H13Cl/c1-11(2,3)14-10-12-7-6-9(13-10)8-4-5-8;1-9-7-12-10(13-8-9)14-6-5-11(2,3)4;2*1-11(2,3)7-9-13-10-6-4-5-8-12-10;1-8(2)7-9-5-3-4-6-10(9)11/h6-8H,4-5H2,1-3H3;7-8H,5-6H2,1-4H3;2*4-6,8H,7,9H2,1-3H3;3-6,8H,7H2,1-2H3. The van der Waals surface area contributed by atoms with Gasteiger partial charge in [0.15, 0.2) is 0 Å². The molecule has 11 heteroatoms. The maximum Gasteiger partial charge on any atom is 0.317 e. The second-order valence-electron chi connectivity index (χ2n) is 21.3. The van der Waals surface area contributed by atoms with Crippen LogP contribution in [0.1, 0.15) is 152 Å². The molecule has 0 amide bonds. The van der Waals surface area contributed by atoms with E-state index in [2.05, 4.69) is 112 Å². The minimum absolute atomic E-state index is 0.220. The maximum absolute atomic E-state index is 5.97. The van der Waals surface area contributed by atoms with Crippen molar-refractivity contribution < 1.29 is 18.9 Å². The normalized spacial score (nSPS) is 12.4. The Hall–Kier alpha value is -4.83. The molecule has 1 aliphatic rings. The summed E-state index contributed by atoms with van der Waals surface area (Å²) in [6.07, 6.45) is 15.5. The lowest BCUT2D eigenvalue weighted by Crippen LogP contribution is -2.24. The summed E-state index contributed by atoms with van der Waals surface area (Å²) in [5.74, 6) is 2.76. The van der Waals surface area contributed by atoms with Crippen LogP contribution in [0.15, 0.2) is 97.7 Å². The molecule has 0 N–H and O–H groups in total. The van der Waals surface area contributed by atoms with E-state index >= 15 is 0 Å². The Morgan fingerprint density at radius 3 is 1.46 bits per heavy atom. The van der Waals surface area contributed by atoms with Gasteiger partial charge < -0.3 is 18.9 Å². The zero-order chi connectivity index (χ0) is 48.5. The van der Waals surface area contributed by atoms with Crippen LogP contribution in [0.2, 0.25) is 5.02 Å². The fourth-order valence-electron chi connectivity index (χ4n) is 5.08. The summed E-state index contributed by atoms with van der Waals surface area (Å²) >= 11 is 5.97. The summed E-state index contributed by atoms with van der Waals surface area (Å²) in [5, 5.41) is 0.890. The molecule has 0 saturated heterocycles. The summed E-state index contributed by atoms with van der Waals surface area (Å²) in [4.78, 5) is 24.8. The molecule has 0 atom stereocenters. The lowest BCUT2D eigenvalue weighted by Gasteiger charge is -2.19. The molecular weight excluding hydrogens is 832 g/mol. The van der Waals surface area contributed by atoms with Crippen molar-refractivity contribution >= 4 is 11.6 Å². The topological polar surface area (TPSA) is 114 Å². The van der Waals surface area contributed by atoms with E-state index < -0.39 is 0 Å².